The number of aryl methyl sites for hydroxylation is 2. The van der Waals surface area contributed by atoms with Crippen LogP contribution in [0.1, 0.15) is 52.0 Å². The Bertz CT molecular complexity index is 675. The second-order valence-corrected chi connectivity index (χ2v) is 5.89. The van der Waals surface area contributed by atoms with Gasteiger partial charge in [0, 0.05) is 18.2 Å². The molecule has 1 aliphatic rings. The Morgan fingerprint density at radius 2 is 1.95 bits per heavy atom. The molecule has 2 heteroatoms. The number of Topliss-reactive ketones (excluding diaryl/α,β-unsaturated/α-hetero) is 1. The Hall–Kier alpha value is -1.93. The zero-order chi connectivity index (χ0) is 14.8. The molecule has 0 aromatic heterocycles. The summed E-state index contributed by atoms with van der Waals surface area (Å²) in [7, 11) is 0. The van der Waals surface area contributed by atoms with Crippen LogP contribution in [0.2, 0.25) is 0 Å². The normalized spacial score (nSPS) is 17.9. The van der Waals surface area contributed by atoms with E-state index < -0.39 is 0 Å². The lowest BCUT2D eigenvalue weighted by Crippen LogP contribution is -2.21. The Morgan fingerprint density at radius 3 is 2.76 bits per heavy atom. The first kappa shape index (κ1) is 14.0. The minimum Gasteiger partial charge on any atom is -0.306 e. The molecule has 2 nitrogen and oxygen atoms in total. The number of benzene rings is 2. The number of hydrogen-bond acceptors (Lipinski definition) is 2. The molecule has 1 N–H and O–H groups in total. The van der Waals surface area contributed by atoms with E-state index in [9.17, 15) is 4.79 Å². The maximum atomic E-state index is 11.8. The van der Waals surface area contributed by atoms with E-state index >= 15 is 0 Å². The Balaban J connectivity index is 1.89. The van der Waals surface area contributed by atoms with Crippen LogP contribution in [0.25, 0.3) is 0 Å². The quantitative estimate of drug-likeness (QED) is 0.843. The molecule has 3 rings (SSSR count). The summed E-state index contributed by atoms with van der Waals surface area (Å²) in [5, 5.41) is 3.62. The molecule has 1 heterocycles. The summed E-state index contributed by atoms with van der Waals surface area (Å²) in [6, 6.07) is 14.9. The van der Waals surface area contributed by atoms with Crippen molar-refractivity contribution in [3.63, 3.8) is 0 Å². The van der Waals surface area contributed by atoms with Gasteiger partial charge in [0.1, 0.15) is 0 Å². The number of nitrogens with one attached hydrogen (secondary N) is 1. The monoisotopic (exact) mass is 279 g/mol. The lowest BCUT2D eigenvalue weighted by Gasteiger charge is -2.18. The van der Waals surface area contributed by atoms with Crippen LogP contribution < -0.4 is 5.32 Å². The molecule has 2 aromatic carbocycles. The highest BCUT2D eigenvalue weighted by Crippen LogP contribution is 2.28. The zero-order valence-corrected chi connectivity index (χ0v) is 12.6. The van der Waals surface area contributed by atoms with E-state index in [0.717, 1.165) is 30.5 Å². The predicted molar refractivity (Wildman–Crippen MR) is 85.5 cm³/mol. The summed E-state index contributed by atoms with van der Waals surface area (Å²) in [5.74, 6) is 0.144. The minimum atomic E-state index is 0.144. The molecule has 0 saturated carbocycles. The van der Waals surface area contributed by atoms with E-state index in [0.29, 0.717) is 0 Å². The van der Waals surface area contributed by atoms with E-state index in [2.05, 4.69) is 36.5 Å². The smallest absolute Gasteiger partial charge is 0.160 e. The van der Waals surface area contributed by atoms with Gasteiger partial charge in [-0.15, -0.1) is 0 Å². The molecular weight excluding hydrogens is 258 g/mol. The third-order valence-corrected chi connectivity index (χ3v) is 4.32. The summed E-state index contributed by atoms with van der Waals surface area (Å²) in [5.41, 5.74) is 6.10. The van der Waals surface area contributed by atoms with Gasteiger partial charge in [-0.25, -0.2) is 0 Å². The largest absolute Gasteiger partial charge is 0.306 e. The Morgan fingerprint density at radius 1 is 1.14 bits per heavy atom. The summed E-state index contributed by atoms with van der Waals surface area (Å²) >= 11 is 0. The molecule has 1 aliphatic heterocycles. The number of fused-ring (bicyclic) bond motifs is 1. The number of ketones is 1. The third-order valence-electron chi connectivity index (χ3n) is 4.32. The van der Waals surface area contributed by atoms with E-state index in [-0.39, 0.29) is 11.8 Å². The van der Waals surface area contributed by atoms with E-state index in [1.165, 1.54) is 16.7 Å². The van der Waals surface area contributed by atoms with E-state index in [1.807, 2.05) is 18.2 Å². The zero-order valence-electron chi connectivity index (χ0n) is 12.6. The number of carbonyl (C=O) groups excluding carboxylic acids is 1. The molecule has 1 unspecified atom stereocenters. The van der Waals surface area contributed by atoms with Crippen LogP contribution in [0.5, 0.6) is 0 Å². The SMILES string of the molecule is CC(=O)c1ccccc1C1CCc2ccc(C)cc2CN1. The fourth-order valence-corrected chi connectivity index (χ4v) is 3.19. The van der Waals surface area contributed by atoms with Gasteiger partial charge in [0.25, 0.3) is 0 Å². The van der Waals surface area contributed by atoms with Crippen LogP contribution in [0.3, 0.4) is 0 Å². The number of rotatable bonds is 2. The lowest BCUT2D eigenvalue weighted by molar-refractivity contribution is 0.101. The van der Waals surface area contributed by atoms with Gasteiger partial charge >= 0.3 is 0 Å². The molecular formula is C19H21NO. The maximum absolute atomic E-state index is 11.8. The molecule has 0 radical (unpaired) electrons. The molecule has 0 bridgehead atoms. The topological polar surface area (TPSA) is 29.1 Å². The van der Waals surface area contributed by atoms with Crippen molar-refractivity contribution < 1.29 is 4.79 Å². The molecule has 108 valence electrons. The first-order chi connectivity index (χ1) is 10.1. The standard InChI is InChI=1S/C19H21NO/c1-13-7-8-15-9-10-19(20-12-16(15)11-13)18-6-4-3-5-17(18)14(2)21/h3-8,11,19-20H,9-10,12H2,1-2H3. The Kier molecular flexibility index (Phi) is 3.89. The average Bonchev–Trinajstić information content (AvgIpc) is 2.69. The van der Waals surface area contributed by atoms with Crippen LogP contribution in [0, 0.1) is 6.92 Å². The molecule has 0 spiro atoms. The van der Waals surface area contributed by atoms with Crippen molar-refractivity contribution in [2.45, 2.75) is 39.3 Å². The summed E-state index contributed by atoms with van der Waals surface area (Å²) in [6.07, 6.45) is 2.08. The summed E-state index contributed by atoms with van der Waals surface area (Å²) < 4.78 is 0. The van der Waals surface area contributed by atoms with Crippen molar-refractivity contribution in [1.29, 1.82) is 0 Å². The summed E-state index contributed by atoms with van der Waals surface area (Å²) in [4.78, 5) is 11.8. The fourth-order valence-electron chi connectivity index (χ4n) is 3.19. The molecule has 21 heavy (non-hydrogen) atoms. The van der Waals surface area contributed by atoms with Gasteiger partial charge in [-0.1, -0.05) is 48.0 Å². The van der Waals surface area contributed by atoms with Crippen LogP contribution in [-0.4, -0.2) is 5.78 Å². The highest BCUT2D eigenvalue weighted by atomic mass is 16.1. The second kappa shape index (κ2) is 5.82. The third kappa shape index (κ3) is 2.91. The van der Waals surface area contributed by atoms with Crippen LogP contribution >= 0.6 is 0 Å². The van der Waals surface area contributed by atoms with Gasteiger partial charge in [0.2, 0.25) is 0 Å². The van der Waals surface area contributed by atoms with Crippen molar-refractivity contribution in [3.05, 3.63) is 70.3 Å². The van der Waals surface area contributed by atoms with Crippen molar-refractivity contribution in [3.8, 4) is 0 Å². The second-order valence-electron chi connectivity index (χ2n) is 5.89. The first-order valence-corrected chi connectivity index (χ1v) is 7.57. The fraction of sp³-hybridized carbons (Fsp3) is 0.316. The van der Waals surface area contributed by atoms with Gasteiger partial charge in [0.15, 0.2) is 5.78 Å². The van der Waals surface area contributed by atoms with Crippen molar-refractivity contribution in [2.75, 3.05) is 0 Å². The molecule has 0 amide bonds. The highest BCUT2D eigenvalue weighted by Gasteiger charge is 2.20. The van der Waals surface area contributed by atoms with E-state index in [1.54, 1.807) is 6.92 Å². The Labute approximate surface area is 126 Å². The molecule has 0 saturated heterocycles. The minimum absolute atomic E-state index is 0.144. The lowest BCUT2D eigenvalue weighted by atomic mass is 9.94. The molecule has 2 aromatic rings. The van der Waals surface area contributed by atoms with Gasteiger partial charge in [0.05, 0.1) is 0 Å². The van der Waals surface area contributed by atoms with Crippen molar-refractivity contribution >= 4 is 5.78 Å². The van der Waals surface area contributed by atoms with Gasteiger partial charge in [-0.3, -0.25) is 4.79 Å². The average molecular weight is 279 g/mol. The van der Waals surface area contributed by atoms with Gasteiger partial charge in [-0.05, 0) is 43.4 Å². The van der Waals surface area contributed by atoms with E-state index in [4.69, 9.17) is 0 Å². The summed E-state index contributed by atoms with van der Waals surface area (Å²) in [6.45, 7) is 4.65. The van der Waals surface area contributed by atoms with Gasteiger partial charge < -0.3 is 5.32 Å². The molecule has 1 atom stereocenters. The number of hydrogen-bond donors (Lipinski definition) is 1. The molecule has 0 aliphatic carbocycles. The van der Waals surface area contributed by atoms with Gasteiger partial charge in [-0.2, -0.15) is 0 Å². The maximum Gasteiger partial charge on any atom is 0.160 e. The molecule has 0 fully saturated rings. The van der Waals surface area contributed by atoms with Crippen LogP contribution in [0.4, 0.5) is 0 Å². The van der Waals surface area contributed by atoms with Crippen molar-refractivity contribution in [1.82, 2.24) is 5.32 Å². The predicted octanol–water partition coefficient (Wildman–Crippen LogP) is 3.97. The van der Waals surface area contributed by atoms with Crippen molar-refractivity contribution in [2.24, 2.45) is 0 Å². The first-order valence-electron chi connectivity index (χ1n) is 7.57. The number of carbonyl (C=O) groups is 1. The van der Waals surface area contributed by atoms with Crippen LogP contribution in [-0.2, 0) is 13.0 Å². The highest BCUT2D eigenvalue weighted by molar-refractivity contribution is 5.95. The van der Waals surface area contributed by atoms with Crippen LogP contribution in [0.15, 0.2) is 42.5 Å².